The van der Waals surface area contributed by atoms with E-state index in [0.29, 0.717) is 13.1 Å². The number of halogens is 3. The Kier molecular flexibility index (Phi) is 4.57. The minimum atomic E-state index is -4.19. The molecule has 1 saturated heterocycles. The van der Waals surface area contributed by atoms with Crippen LogP contribution in [0.2, 0.25) is 0 Å². The lowest BCUT2D eigenvalue weighted by Gasteiger charge is -2.40. The number of alkyl halides is 3. The van der Waals surface area contributed by atoms with E-state index in [1.165, 1.54) is 4.90 Å². The Morgan fingerprint density at radius 1 is 1.30 bits per heavy atom. The third-order valence-corrected chi connectivity index (χ3v) is 3.77. The number of nitrogens with zero attached hydrogens (tertiary/aromatic N) is 2. The number of piperazine rings is 1. The van der Waals surface area contributed by atoms with Crippen molar-refractivity contribution in [2.75, 3.05) is 26.2 Å². The Hall–Kier alpha value is -1.24. The summed E-state index contributed by atoms with van der Waals surface area (Å²) in [6.07, 6.45) is 1.52. The van der Waals surface area contributed by atoms with E-state index in [-0.39, 0.29) is 24.7 Å². The molecule has 1 N–H and O–H groups in total. The number of amides is 2. The molecule has 1 aliphatic heterocycles. The lowest BCUT2D eigenvalue weighted by atomic mass is 10.2. The van der Waals surface area contributed by atoms with Crippen molar-refractivity contribution in [2.45, 2.75) is 38.0 Å². The molecule has 20 heavy (non-hydrogen) atoms. The van der Waals surface area contributed by atoms with E-state index in [2.05, 4.69) is 5.32 Å². The lowest BCUT2D eigenvalue weighted by molar-refractivity contribution is -0.153. The van der Waals surface area contributed by atoms with Crippen LogP contribution in [-0.2, 0) is 0 Å². The summed E-state index contributed by atoms with van der Waals surface area (Å²) >= 11 is 0. The maximum absolute atomic E-state index is 12.4. The van der Waals surface area contributed by atoms with E-state index in [9.17, 15) is 18.0 Å². The van der Waals surface area contributed by atoms with Gasteiger partial charge in [0, 0.05) is 31.7 Å². The Balaban J connectivity index is 1.80. The zero-order valence-electron chi connectivity index (χ0n) is 11.5. The highest BCUT2D eigenvalue weighted by atomic mass is 19.4. The van der Waals surface area contributed by atoms with Gasteiger partial charge in [0.25, 0.3) is 0 Å². The van der Waals surface area contributed by atoms with Crippen LogP contribution in [0.3, 0.4) is 0 Å². The minimum absolute atomic E-state index is 0.131. The van der Waals surface area contributed by atoms with E-state index in [1.807, 2.05) is 12.2 Å². The normalized spacial score (nSPS) is 25.2. The van der Waals surface area contributed by atoms with Gasteiger partial charge in [-0.25, -0.2) is 4.79 Å². The predicted molar refractivity (Wildman–Crippen MR) is 69.4 cm³/mol. The third-order valence-electron chi connectivity index (χ3n) is 3.77. The van der Waals surface area contributed by atoms with Crippen molar-refractivity contribution in [3.63, 3.8) is 0 Å². The summed E-state index contributed by atoms with van der Waals surface area (Å²) in [5.41, 5.74) is 0. The van der Waals surface area contributed by atoms with Crippen molar-refractivity contribution in [3.05, 3.63) is 12.2 Å². The van der Waals surface area contributed by atoms with Gasteiger partial charge in [-0.1, -0.05) is 12.2 Å². The molecule has 0 spiro atoms. The molecule has 2 aliphatic rings. The highest BCUT2D eigenvalue weighted by Gasteiger charge is 2.36. The van der Waals surface area contributed by atoms with Gasteiger partial charge >= 0.3 is 12.2 Å². The molecule has 1 heterocycles. The van der Waals surface area contributed by atoms with Gasteiger partial charge in [-0.3, -0.25) is 4.90 Å². The second kappa shape index (κ2) is 6.03. The van der Waals surface area contributed by atoms with E-state index in [1.54, 1.807) is 11.8 Å². The van der Waals surface area contributed by atoms with Crippen LogP contribution in [0.15, 0.2) is 12.2 Å². The largest absolute Gasteiger partial charge is 0.401 e. The quantitative estimate of drug-likeness (QED) is 0.790. The average molecular weight is 291 g/mol. The molecule has 2 amide bonds. The molecular weight excluding hydrogens is 271 g/mol. The maximum atomic E-state index is 12.4. The molecule has 0 radical (unpaired) electrons. The zero-order chi connectivity index (χ0) is 14.8. The van der Waals surface area contributed by atoms with Gasteiger partial charge in [-0.15, -0.1) is 0 Å². The number of carbonyl (C=O) groups is 1. The molecule has 1 aliphatic carbocycles. The number of nitrogens with one attached hydrogen (secondary N) is 1. The van der Waals surface area contributed by atoms with Crippen molar-refractivity contribution in [1.82, 2.24) is 15.1 Å². The van der Waals surface area contributed by atoms with E-state index < -0.39 is 12.7 Å². The fourth-order valence-electron chi connectivity index (χ4n) is 2.65. The molecule has 2 rings (SSSR count). The Morgan fingerprint density at radius 2 is 1.95 bits per heavy atom. The second-order valence-electron chi connectivity index (χ2n) is 5.47. The summed E-state index contributed by atoms with van der Waals surface area (Å²) in [5, 5.41) is 2.92. The molecule has 4 nitrogen and oxygen atoms in total. The van der Waals surface area contributed by atoms with Crippen molar-refractivity contribution < 1.29 is 18.0 Å². The first-order valence-corrected chi connectivity index (χ1v) is 6.86. The van der Waals surface area contributed by atoms with Crippen LogP contribution in [0.4, 0.5) is 18.0 Å². The summed E-state index contributed by atoms with van der Waals surface area (Å²) in [5.74, 6) is 0. The van der Waals surface area contributed by atoms with Gasteiger partial charge in [0.05, 0.1) is 6.54 Å². The number of hydrogen-bond donors (Lipinski definition) is 1. The molecule has 0 unspecified atom stereocenters. The van der Waals surface area contributed by atoms with Crippen LogP contribution in [-0.4, -0.2) is 60.3 Å². The summed E-state index contributed by atoms with van der Waals surface area (Å²) in [6.45, 7) is 1.75. The van der Waals surface area contributed by atoms with Crippen molar-refractivity contribution >= 4 is 6.03 Å². The molecule has 7 heteroatoms. The molecule has 0 bridgehead atoms. The van der Waals surface area contributed by atoms with Crippen LogP contribution >= 0.6 is 0 Å². The fraction of sp³-hybridized carbons (Fsp3) is 0.769. The summed E-state index contributed by atoms with van der Waals surface area (Å²) in [6, 6.07) is -0.318. The topological polar surface area (TPSA) is 35.6 Å². The van der Waals surface area contributed by atoms with Crippen molar-refractivity contribution in [1.29, 1.82) is 0 Å². The third kappa shape index (κ3) is 4.13. The first kappa shape index (κ1) is 15.2. The molecule has 1 fully saturated rings. The smallest absolute Gasteiger partial charge is 0.335 e. The number of rotatable bonds is 2. The predicted octanol–water partition coefficient (Wildman–Crippen LogP) is 1.98. The first-order chi connectivity index (χ1) is 9.35. The van der Waals surface area contributed by atoms with E-state index >= 15 is 0 Å². The van der Waals surface area contributed by atoms with Gasteiger partial charge in [0.15, 0.2) is 0 Å². The number of hydrogen-bond acceptors (Lipinski definition) is 2. The average Bonchev–Trinajstić information content (AvgIpc) is 2.83. The summed E-state index contributed by atoms with van der Waals surface area (Å²) in [7, 11) is 0. The molecular formula is C13H20F3N3O. The maximum Gasteiger partial charge on any atom is 0.401 e. The first-order valence-electron chi connectivity index (χ1n) is 6.86. The lowest BCUT2D eigenvalue weighted by Crippen LogP contribution is -2.58. The molecule has 0 aromatic carbocycles. The highest BCUT2D eigenvalue weighted by Crippen LogP contribution is 2.20. The molecule has 114 valence electrons. The van der Waals surface area contributed by atoms with E-state index in [0.717, 1.165) is 12.8 Å². The van der Waals surface area contributed by atoms with Gasteiger partial charge in [0.2, 0.25) is 0 Å². The van der Waals surface area contributed by atoms with Gasteiger partial charge < -0.3 is 10.2 Å². The number of urea groups is 1. The van der Waals surface area contributed by atoms with E-state index in [4.69, 9.17) is 0 Å². The molecule has 0 aromatic rings. The van der Waals surface area contributed by atoms with Crippen LogP contribution < -0.4 is 5.32 Å². The van der Waals surface area contributed by atoms with Gasteiger partial charge in [-0.05, 0) is 19.8 Å². The molecule has 0 aromatic heterocycles. The minimum Gasteiger partial charge on any atom is -0.335 e. The molecule has 1 atom stereocenters. The van der Waals surface area contributed by atoms with Crippen LogP contribution in [0.1, 0.15) is 19.8 Å². The van der Waals surface area contributed by atoms with Crippen molar-refractivity contribution in [2.24, 2.45) is 0 Å². The van der Waals surface area contributed by atoms with Gasteiger partial charge in [-0.2, -0.15) is 13.2 Å². The SMILES string of the molecule is C[C@H]1CN(C(=O)NC2CC=CC2)CCN1CC(F)(F)F. The summed E-state index contributed by atoms with van der Waals surface area (Å²) < 4.78 is 37.2. The Labute approximate surface area is 116 Å². The fourth-order valence-corrected chi connectivity index (χ4v) is 2.65. The monoisotopic (exact) mass is 291 g/mol. The zero-order valence-corrected chi connectivity index (χ0v) is 11.5. The van der Waals surface area contributed by atoms with Crippen LogP contribution in [0.5, 0.6) is 0 Å². The highest BCUT2D eigenvalue weighted by molar-refractivity contribution is 5.74. The van der Waals surface area contributed by atoms with Crippen LogP contribution in [0, 0.1) is 0 Å². The van der Waals surface area contributed by atoms with Gasteiger partial charge in [0.1, 0.15) is 0 Å². The molecule has 0 saturated carbocycles. The Morgan fingerprint density at radius 3 is 2.50 bits per heavy atom. The second-order valence-corrected chi connectivity index (χ2v) is 5.47. The Bertz CT molecular complexity index is 376. The van der Waals surface area contributed by atoms with Crippen LogP contribution in [0.25, 0.3) is 0 Å². The number of carbonyl (C=O) groups excluding carboxylic acids is 1. The summed E-state index contributed by atoms with van der Waals surface area (Å²) in [4.78, 5) is 15.0. The van der Waals surface area contributed by atoms with Crippen molar-refractivity contribution in [3.8, 4) is 0 Å². The standard InChI is InChI=1S/C13H20F3N3O/c1-10-8-18(6-7-19(10)9-13(14,15)16)12(20)17-11-4-2-3-5-11/h2-3,10-11H,4-9H2,1H3,(H,17,20)/t10-/m0/s1.